The molecule has 3 heteroatoms. The van der Waals surface area contributed by atoms with E-state index in [4.69, 9.17) is 4.74 Å². The Kier molecular flexibility index (Phi) is 4.97. The lowest BCUT2D eigenvalue weighted by Gasteiger charge is -2.24. The molecule has 1 saturated carbocycles. The molecule has 0 aromatic heterocycles. The number of unbranched alkanes of at least 4 members (excludes halogenated alkanes) is 2. The summed E-state index contributed by atoms with van der Waals surface area (Å²) < 4.78 is 5.07. The highest BCUT2D eigenvalue weighted by Crippen LogP contribution is 2.40. The first kappa shape index (κ1) is 13.2. The van der Waals surface area contributed by atoms with Crippen molar-refractivity contribution in [2.75, 3.05) is 6.61 Å². The van der Waals surface area contributed by atoms with Crippen LogP contribution >= 0.6 is 0 Å². The summed E-state index contributed by atoms with van der Waals surface area (Å²) in [6.07, 6.45) is 5.88. The SMILES string of the molecule is CCCCCC1(C(=O)OCC)CCCC1=O. The van der Waals surface area contributed by atoms with E-state index in [1.54, 1.807) is 6.92 Å². The van der Waals surface area contributed by atoms with Crippen LogP contribution in [-0.2, 0) is 14.3 Å². The molecular formula is C13H22O3. The van der Waals surface area contributed by atoms with E-state index in [0.717, 1.165) is 25.7 Å². The molecule has 0 aliphatic heterocycles. The van der Waals surface area contributed by atoms with Crippen LogP contribution in [0.4, 0.5) is 0 Å². The number of esters is 1. The molecule has 0 heterocycles. The fourth-order valence-corrected chi connectivity index (χ4v) is 2.46. The predicted octanol–water partition coefficient (Wildman–Crippen LogP) is 2.87. The maximum atomic E-state index is 11.9. The number of carbonyl (C=O) groups is 2. The van der Waals surface area contributed by atoms with Crippen LogP contribution in [0.3, 0.4) is 0 Å². The second-order valence-corrected chi connectivity index (χ2v) is 4.54. The van der Waals surface area contributed by atoms with Crippen molar-refractivity contribution in [3.63, 3.8) is 0 Å². The summed E-state index contributed by atoms with van der Waals surface area (Å²) >= 11 is 0. The number of hydrogen-bond donors (Lipinski definition) is 0. The van der Waals surface area contributed by atoms with Crippen molar-refractivity contribution in [3.05, 3.63) is 0 Å². The fraction of sp³-hybridized carbons (Fsp3) is 0.846. The van der Waals surface area contributed by atoms with Crippen molar-refractivity contribution in [1.29, 1.82) is 0 Å². The minimum absolute atomic E-state index is 0.0991. The molecule has 0 aromatic carbocycles. The number of ether oxygens (including phenoxy) is 1. The minimum atomic E-state index is -0.787. The van der Waals surface area contributed by atoms with E-state index >= 15 is 0 Å². The van der Waals surface area contributed by atoms with Gasteiger partial charge in [-0.25, -0.2) is 0 Å². The smallest absolute Gasteiger partial charge is 0.319 e. The van der Waals surface area contributed by atoms with Gasteiger partial charge >= 0.3 is 5.97 Å². The lowest BCUT2D eigenvalue weighted by atomic mass is 9.80. The zero-order chi connectivity index (χ0) is 12.0. The van der Waals surface area contributed by atoms with Gasteiger partial charge in [-0.3, -0.25) is 9.59 Å². The van der Waals surface area contributed by atoms with Crippen molar-refractivity contribution in [3.8, 4) is 0 Å². The van der Waals surface area contributed by atoms with E-state index in [0.29, 0.717) is 25.9 Å². The van der Waals surface area contributed by atoms with E-state index in [-0.39, 0.29) is 11.8 Å². The standard InChI is InChI=1S/C13H22O3/c1-3-5-6-9-13(12(15)16-4-2)10-7-8-11(13)14/h3-10H2,1-2H3. The number of Topliss-reactive ketones (excluding diaryl/α,β-unsaturated/α-hetero) is 1. The molecule has 92 valence electrons. The van der Waals surface area contributed by atoms with Crippen LogP contribution in [0.2, 0.25) is 0 Å². The van der Waals surface area contributed by atoms with Gasteiger partial charge in [-0.2, -0.15) is 0 Å². The molecule has 0 aromatic rings. The Bertz CT molecular complexity index is 260. The van der Waals surface area contributed by atoms with E-state index in [1.165, 1.54) is 0 Å². The molecule has 16 heavy (non-hydrogen) atoms. The van der Waals surface area contributed by atoms with Gasteiger partial charge in [0.25, 0.3) is 0 Å². The van der Waals surface area contributed by atoms with E-state index in [1.807, 2.05) is 0 Å². The second kappa shape index (κ2) is 6.02. The average molecular weight is 226 g/mol. The van der Waals surface area contributed by atoms with Crippen molar-refractivity contribution >= 4 is 11.8 Å². The Morgan fingerprint density at radius 1 is 1.38 bits per heavy atom. The molecule has 1 unspecified atom stereocenters. The third-order valence-corrected chi connectivity index (χ3v) is 3.41. The van der Waals surface area contributed by atoms with Gasteiger partial charge in [-0.1, -0.05) is 26.2 Å². The molecule has 0 amide bonds. The van der Waals surface area contributed by atoms with Gasteiger partial charge < -0.3 is 4.74 Å². The molecule has 1 fully saturated rings. The average Bonchev–Trinajstić information content (AvgIpc) is 2.62. The number of ketones is 1. The Hall–Kier alpha value is -0.860. The van der Waals surface area contributed by atoms with Crippen LogP contribution in [0.5, 0.6) is 0 Å². The normalized spacial score (nSPS) is 24.8. The summed E-state index contributed by atoms with van der Waals surface area (Å²) in [5.41, 5.74) is -0.787. The molecule has 0 N–H and O–H groups in total. The molecule has 0 saturated heterocycles. The topological polar surface area (TPSA) is 43.4 Å². The zero-order valence-corrected chi connectivity index (χ0v) is 10.4. The molecule has 1 aliphatic rings. The predicted molar refractivity (Wildman–Crippen MR) is 62.1 cm³/mol. The largest absolute Gasteiger partial charge is 0.465 e. The molecular weight excluding hydrogens is 204 g/mol. The molecule has 0 bridgehead atoms. The Balaban J connectivity index is 2.68. The van der Waals surface area contributed by atoms with Crippen LogP contribution in [-0.4, -0.2) is 18.4 Å². The summed E-state index contributed by atoms with van der Waals surface area (Å²) in [6, 6.07) is 0. The van der Waals surface area contributed by atoms with E-state index < -0.39 is 5.41 Å². The monoisotopic (exact) mass is 226 g/mol. The van der Waals surface area contributed by atoms with Crippen LogP contribution in [0.25, 0.3) is 0 Å². The second-order valence-electron chi connectivity index (χ2n) is 4.54. The minimum Gasteiger partial charge on any atom is -0.465 e. The third-order valence-electron chi connectivity index (χ3n) is 3.41. The van der Waals surface area contributed by atoms with Gasteiger partial charge in [0.05, 0.1) is 6.61 Å². The summed E-state index contributed by atoms with van der Waals surface area (Å²) in [5.74, 6) is -0.185. The van der Waals surface area contributed by atoms with Crippen LogP contribution in [0, 0.1) is 5.41 Å². The van der Waals surface area contributed by atoms with Gasteiger partial charge in [0.1, 0.15) is 11.2 Å². The fourth-order valence-electron chi connectivity index (χ4n) is 2.46. The van der Waals surface area contributed by atoms with E-state index in [9.17, 15) is 9.59 Å². The zero-order valence-electron chi connectivity index (χ0n) is 10.4. The Morgan fingerprint density at radius 3 is 2.62 bits per heavy atom. The van der Waals surface area contributed by atoms with Gasteiger partial charge in [-0.05, 0) is 26.2 Å². The Labute approximate surface area is 97.5 Å². The van der Waals surface area contributed by atoms with Crippen molar-refractivity contribution in [1.82, 2.24) is 0 Å². The van der Waals surface area contributed by atoms with Gasteiger partial charge in [-0.15, -0.1) is 0 Å². The highest BCUT2D eigenvalue weighted by Gasteiger charge is 2.48. The molecule has 0 radical (unpaired) electrons. The molecule has 0 spiro atoms. The van der Waals surface area contributed by atoms with Gasteiger partial charge in [0.2, 0.25) is 0 Å². The summed E-state index contributed by atoms with van der Waals surface area (Å²) in [6.45, 7) is 4.27. The summed E-state index contributed by atoms with van der Waals surface area (Å²) in [4.78, 5) is 23.8. The molecule has 1 atom stereocenters. The Morgan fingerprint density at radius 2 is 2.12 bits per heavy atom. The molecule has 1 rings (SSSR count). The maximum absolute atomic E-state index is 11.9. The molecule has 1 aliphatic carbocycles. The van der Waals surface area contributed by atoms with Crippen LogP contribution in [0.1, 0.15) is 58.8 Å². The van der Waals surface area contributed by atoms with Crippen molar-refractivity contribution < 1.29 is 14.3 Å². The summed E-state index contributed by atoms with van der Waals surface area (Å²) in [7, 11) is 0. The van der Waals surface area contributed by atoms with Crippen molar-refractivity contribution in [2.24, 2.45) is 5.41 Å². The number of hydrogen-bond acceptors (Lipinski definition) is 3. The summed E-state index contributed by atoms with van der Waals surface area (Å²) in [5, 5.41) is 0. The highest BCUT2D eigenvalue weighted by atomic mass is 16.5. The first-order valence-electron chi connectivity index (χ1n) is 6.38. The van der Waals surface area contributed by atoms with Crippen LogP contribution in [0.15, 0.2) is 0 Å². The van der Waals surface area contributed by atoms with Crippen LogP contribution < -0.4 is 0 Å². The van der Waals surface area contributed by atoms with E-state index in [2.05, 4.69) is 6.92 Å². The third kappa shape index (κ3) is 2.63. The lowest BCUT2D eigenvalue weighted by Crippen LogP contribution is -2.36. The first-order valence-corrected chi connectivity index (χ1v) is 6.38. The molecule has 3 nitrogen and oxygen atoms in total. The highest BCUT2D eigenvalue weighted by molar-refractivity contribution is 6.05. The van der Waals surface area contributed by atoms with Gasteiger partial charge in [0.15, 0.2) is 0 Å². The van der Waals surface area contributed by atoms with Crippen molar-refractivity contribution in [2.45, 2.75) is 58.8 Å². The lowest BCUT2D eigenvalue weighted by molar-refractivity contribution is -0.159. The van der Waals surface area contributed by atoms with Gasteiger partial charge in [0, 0.05) is 6.42 Å². The first-order chi connectivity index (χ1) is 7.67. The number of carbonyl (C=O) groups excluding carboxylic acids is 2. The maximum Gasteiger partial charge on any atom is 0.319 e. The number of rotatable bonds is 6. The quantitative estimate of drug-likeness (QED) is 0.397.